The van der Waals surface area contributed by atoms with Gasteiger partial charge in [-0.2, -0.15) is 0 Å². The summed E-state index contributed by atoms with van der Waals surface area (Å²) < 4.78 is 38.4. The van der Waals surface area contributed by atoms with Crippen LogP contribution in [0.4, 0.5) is 0 Å². The van der Waals surface area contributed by atoms with Crippen molar-refractivity contribution in [3.63, 3.8) is 0 Å². The van der Waals surface area contributed by atoms with E-state index in [0.29, 0.717) is 19.8 Å². The number of hydrogen-bond acceptors (Lipinski definition) is 8. The van der Waals surface area contributed by atoms with Gasteiger partial charge in [-0.3, -0.25) is 0 Å². The molecule has 0 spiro atoms. The van der Waals surface area contributed by atoms with Crippen LogP contribution in [0.3, 0.4) is 0 Å². The van der Waals surface area contributed by atoms with Gasteiger partial charge in [0.2, 0.25) is 0 Å². The Bertz CT molecular complexity index is 4300. The Labute approximate surface area is 655 Å². The SMILES string of the molecule is C.CC(C)(C)[Si](Oc1ccc(O)cc1)(c1ccccc1)c1ccccc1.CC(C)(C)[Si](Oc1ccc(OCc2ccccc2)cc1)(c1ccccc1)c1ccccc1.CC(C)(C)[Si](Oc1ccc(OCc2ccccc2)cc1)(c1ccccc1)c1ccccc1.CI.Oc1ccc(OCc2ccccc2)cc1.[HH]. The van der Waals surface area contributed by atoms with Gasteiger partial charge >= 0.3 is 25.0 Å². The van der Waals surface area contributed by atoms with Crippen molar-refractivity contribution in [3.8, 4) is 46.0 Å². The van der Waals surface area contributed by atoms with Gasteiger partial charge in [0.25, 0.3) is 0 Å². The molecule has 0 saturated carbocycles. The molecule has 13 aromatic rings. The van der Waals surface area contributed by atoms with E-state index >= 15 is 0 Å². The molecule has 12 heteroatoms. The Kier molecular flexibility index (Phi) is 30.6. The molecule has 0 atom stereocenters. The standard InChI is InChI=1S/2C29H30O2Si.C22H24O2Si.C13H12O2.CH3I.CH4.H2/c2*1-29(2,3)32(27-15-9-5-10-16-27,28-17-11-6-12-18-28)31-26-21-19-25(20-22-26)30-23-24-13-7-4-8-14-24;1-22(2,3)25(20-10-6-4-7-11-20,21-12-8-5-9-13-21)24-19-16-14-18(23)15-17-19;14-12-6-8-13(9-7-12)15-10-11-4-2-1-3-5-11;1-2;;/h2*4-22H,23H2,1-3H3;4-17,23H,1-3H3;1-9,14H,10H2;1H3;1H4;1H. The zero-order valence-electron chi connectivity index (χ0n) is 62.6. The highest BCUT2D eigenvalue weighted by Gasteiger charge is 2.54. The molecule has 0 unspecified atom stereocenters. The molecule has 13 aromatic carbocycles. The number of aromatic hydroxyl groups is 2. The van der Waals surface area contributed by atoms with Crippen LogP contribution in [0.25, 0.3) is 0 Å². The average Bonchev–Trinajstić information content (AvgIpc) is 0.756. The fraction of sp³-hybridized carbons (Fsp3) is 0.179. The summed E-state index contributed by atoms with van der Waals surface area (Å²) in [5, 5.41) is 26.0. The molecule has 107 heavy (non-hydrogen) atoms. The maximum Gasteiger partial charge on any atom is 0.319 e. The van der Waals surface area contributed by atoms with Crippen LogP contribution < -0.4 is 58.6 Å². The smallest absolute Gasteiger partial charge is 0.319 e. The van der Waals surface area contributed by atoms with Crippen molar-refractivity contribution in [2.24, 2.45) is 0 Å². The van der Waals surface area contributed by atoms with Gasteiger partial charge in [0.15, 0.2) is 0 Å². The van der Waals surface area contributed by atoms with Crippen molar-refractivity contribution in [3.05, 3.63) is 387 Å². The number of hydrogen-bond donors (Lipinski definition) is 2. The van der Waals surface area contributed by atoms with E-state index in [2.05, 4.69) is 279 Å². The number of benzene rings is 13. The third-order valence-corrected chi connectivity index (χ3v) is 33.0. The van der Waals surface area contributed by atoms with Crippen LogP contribution in [0.5, 0.6) is 46.0 Å². The highest BCUT2D eigenvalue weighted by molar-refractivity contribution is 14.1. The van der Waals surface area contributed by atoms with E-state index in [1.807, 2.05) is 144 Å². The minimum Gasteiger partial charge on any atom is -0.534 e. The Balaban J connectivity index is 0.000000203. The second kappa shape index (κ2) is 39.8. The molecule has 552 valence electrons. The molecule has 0 amide bonds. The van der Waals surface area contributed by atoms with Gasteiger partial charge in [-0.05, 0) is 165 Å². The van der Waals surface area contributed by atoms with Crippen molar-refractivity contribution in [1.29, 1.82) is 0 Å². The average molecular weight is 1590 g/mol. The normalized spacial score (nSPS) is 11.2. The molecule has 0 aliphatic rings. The molecule has 0 fully saturated rings. The molecule has 0 aromatic heterocycles. The number of ether oxygens (including phenoxy) is 3. The van der Waals surface area contributed by atoms with E-state index in [0.717, 1.165) is 51.2 Å². The van der Waals surface area contributed by atoms with Crippen LogP contribution in [0.2, 0.25) is 15.1 Å². The zero-order chi connectivity index (χ0) is 75.3. The summed E-state index contributed by atoms with van der Waals surface area (Å²) in [7, 11) is -7.83. The van der Waals surface area contributed by atoms with Gasteiger partial charge in [-0.1, -0.05) is 365 Å². The number of alkyl halides is 1. The largest absolute Gasteiger partial charge is 0.534 e. The lowest BCUT2D eigenvalue weighted by Crippen LogP contribution is -2.68. The molecule has 0 saturated heterocycles. The summed E-state index contributed by atoms with van der Waals surface area (Å²) in [5.41, 5.74) is 3.44. The highest BCUT2D eigenvalue weighted by Crippen LogP contribution is 2.41. The van der Waals surface area contributed by atoms with Crippen LogP contribution in [-0.2, 0) is 19.8 Å². The maximum atomic E-state index is 9.60. The third-order valence-electron chi connectivity index (χ3n) is 18.1. The van der Waals surface area contributed by atoms with E-state index < -0.39 is 25.0 Å². The lowest BCUT2D eigenvalue weighted by Gasteiger charge is -2.43. The monoisotopic (exact) mass is 1580 g/mol. The van der Waals surface area contributed by atoms with Crippen molar-refractivity contribution >= 4 is 78.7 Å². The first-order chi connectivity index (χ1) is 51.3. The Morgan fingerprint density at radius 3 is 0.561 bits per heavy atom. The summed E-state index contributed by atoms with van der Waals surface area (Å²) in [5.74, 6) is 5.45. The molecule has 0 bridgehead atoms. The zero-order valence-corrected chi connectivity index (χ0v) is 67.7. The second-order valence-corrected chi connectivity index (χ2v) is 41.2. The lowest BCUT2D eigenvalue weighted by molar-refractivity contribution is 0.305. The van der Waals surface area contributed by atoms with E-state index in [9.17, 15) is 5.11 Å². The van der Waals surface area contributed by atoms with E-state index in [4.69, 9.17) is 32.6 Å². The van der Waals surface area contributed by atoms with Crippen LogP contribution >= 0.6 is 22.6 Å². The predicted molar refractivity (Wildman–Crippen MR) is 465 cm³/mol. The molecular weight excluding hydrogens is 1480 g/mol. The third kappa shape index (κ3) is 22.1. The maximum absolute atomic E-state index is 9.60. The molecule has 0 heterocycles. The molecular formula is C95H105IO8Si3. The summed E-state index contributed by atoms with van der Waals surface area (Å²) in [6.45, 7) is 22.1. The van der Waals surface area contributed by atoms with Crippen LogP contribution in [0.1, 0.15) is 87.9 Å². The molecule has 8 nitrogen and oxygen atoms in total. The number of halogens is 1. The Morgan fingerprint density at radius 2 is 0.383 bits per heavy atom. The van der Waals surface area contributed by atoms with E-state index in [1.54, 1.807) is 36.4 Å². The van der Waals surface area contributed by atoms with Crippen molar-refractivity contribution in [2.45, 2.75) is 105 Å². The summed E-state index contributed by atoms with van der Waals surface area (Å²) in [6, 6.07) is 124. The van der Waals surface area contributed by atoms with Crippen LogP contribution in [0.15, 0.2) is 370 Å². The summed E-state index contributed by atoms with van der Waals surface area (Å²) in [4.78, 5) is 1.97. The lowest BCUT2D eigenvalue weighted by atomic mass is 10.2. The van der Waals surface area contributed by atoms with Gasteiger partial charge in [0.05, 0.1) is 0 Å². The predicted octanol–water partition coefficient (Wildman–Crippen LogP) is 21.6. The molecule has 0 aliphatic heterocycles. The number of rotatable bonds is 21. The first-order valence-corrected chi connectivity index (χ1v) is 43.7. The Hall–Kier alpha value is -10.4. The Morgan fingerprint density at radius 1 is 0.234 bits per heavy atom. The fourth-order valence-electron chi connectivity index (χ4n) is 13.0. The molecule has 2 N–H and O–H groups in total. The summed E-state index contributed by atoms with van der Waals surface area (Å²) >= 11 is 2.15. The minimum absolute atomic E-state index is 0. The van der Waals surface area contributed by atoms with Gasteiger partial charge in [-0.15, -0.1) is 0 Å². The summed E-state index contributed by atoms with van der Waals surface area (Å²) in [6.07, 6.45) is 0. The quantitative estimate of drug-likeness (QED) is 0.0417. The van der Waals surface area contributed by atoms with Crippen molar-refractivity contribution < 1.29 is 39.1 Å². The molecule has 13 rings (SSSR count). The fourth-order valence-corrected chi connectivity index (χ4v) is 26.2. The molecule has 0 radical (unpaired) electrons. The number of phenolic OH excluding ortho intramolecular Hbond substituents is 2. The van der Waals surface area contributed by atoms with Crippen LogP contribution in [-0.4, -0.2) is 40.1 Å². The highest BCUT2D eigenvalue weighted by atomic mass is 127. The van der Waals surface area contributed by atoms with Gasteiger partial charge in [0.1, 0.15) is 65.8 Å². The van der Waals surface area contributed by atoms with Crippen LogP contribution in [0, 0.1) is 0 Å². The van der Waals surface area contributed by atoms with Gasteiger partial charge in [0, 0.05) is 1.43 Å². The first kappa shape index (κ1) is 82.3. The second-order valence-electron chi connectivity index (χ2n) is 28.5. The number of phenols is 2. The minimum atomic E-state index is -2.62. The van der Waals surface area contributed by atoms with Gasteiger partial charge in [-0.25, -0.2) is 0 Å². The molecule has 0 aliphatic carbocycles. The van der Waals surface area contributed by atoms with Gasteiger partial charge < -0.3 is 37.7 Å². The van der Waals surface area contributed by atoms with E-state index in [-0.39, 0.29) is 35.5 Å². The van der Waals surface area contributed by atoms with Crippen molar-refractivity contribution in [1.82, 2.24) is 0 Å². The van der Waals surface area contributed by atoms with E-state index in [1.165, 1.54) is 31.1 Å². The van der Waals surface area contributed by atoms with Crippen molar-refractivity contribution in [2.75, 3.05) is 4.93 Å². The topological polar surface area (TPSA) is 95.8 Å². The first-order valence-electron chi connectivity index (χ1n) is 35.8.